The summed E-state index contributed by atoms with van der Waals surface area (Å²) in [6, 6.07) is 4.21. The van der Waals surface area contributed by atoms with E-state index in [1.54, 1.807) is 0 Å². The Hall–Kier alpha value is -0.930. The Morgan fingerprint density at radius 2 is 1.80 bits per heavy atom. The van der Waals surface area contributed by atoms with Gasteiger partial charge in [0.2, 0.25) is 0 Å². The molecule has 0 saturated heterocycles. The zero-order chi connectivity index (χ0) is 11.3. The first kappa shape index (κ1) is 12.1. The van der Waals surface area contributed by atoms with E-state index in [9.17, 15) is 0 Å². The van der Waals surface area contributed by atoms with E-state index in [1.807, 2.05) is 6.07 Å². The molecule has 15 heavy (non-hydrogen) atoms. The first-order valence-corrected chi connectivity index (χ1v) is 5.74. The first-order chi connectivity index (χ1) is 7.15. The average molecular weight is 221 g/mol. The maximum absolute atomic E-state index is 6.17. The molecule has 1 heteroatoms. The fourth-order valence-corrected chi connectivity index (χ4v) is 1.76. The van der Waals surface area contributed by atoms with Gasteiger partial charge in [0.25, 0.3) is 0 Å². The second kappa shape index (κ2) is 5.83. The molecule has 0 aliphatic heterocycles. The minimum atomic E-state index is 0.872. The summed E-state index contributed by atoms with van der Waals surface area (Å²) < 4.78 is 0. The van der Waals surface area contributed by atoms with Crippen LogP contribution in [-0.2, 0) is 6.42 Å². The van der Waals surface area contributed by atoms with Gasteiger partial charge in [0, 0.05) is 17.9 Å². The van der Waals surface area contributed by atoms with Crippen LogP contribution in [0.2, 0.25) is 5.02 Å². The van der Waals surface area contributed by atoms with E-state index < -0.39 is 0 Å². The monoisotopic (exact) mass is 220 g/mol. The van der Waals surface area contributed by atoms with Crippen molar-refractivity contribution < 1.29 is 0 Å². The summed E-state index contributed by atoms with van der Waals surface area (Å²) >= 11 is 6.17. The van der Waals surface area contributed by atoms with Crippen LogP contribution in [0.3, 0.4) is 0 Å². The van der Waals surface area contributed by atoms with Crippen LogP contribution in [0.15, 0.2) is 12.1 Å². The highest BCUT2D eigenvalue weighted by molar-refractivity contribution is 6.31. The molecule has 0 atom stereocenters. The van der Waals surface area contributed by atoms with E-state index in [1.165, 1.54) is 16.7 Å². The molecule has 0 N–H and O–H groups in total. The third-order valence-electron chi connectivity index (χ3n) is 2.48. The number of rotatable bonds is 2. The van der Waals surface area contributed by atoms with Crippen molar-refractivity contribution >= 4 is 11.6 Å². The summed E-state index contributed by atoms with van der Waals surface area (Å²) in [4.78, 5) is 0. The second-order valence-electron chi connectivity index (χ2n) is 3.73. The molecule has 0 amide bonds. The lowest BCUT2D eigenvalue weighted by Crippen LogP contribution is -1.90. The van der Waals surface area contributed by atoms with Gasteiger partial charge in [0.1, 0.15) is 0 Å². The summed E-state index contributed by atoms with van der Waals surface area (Å²) in [5.74, 6) is 6.21. The molecule has 0 fully saturated rings. The summed E-state index contributed by atoms with van der Waals surface area (Å²) in [5.41, 5.74) is 3.77. The Morgan fingerprint density at radius 3 is 2.47 bits per heavy atom. The molecule has 0 aliphatic carbocycles. The second-order valence-corrected chi connectivity index (χ2v) is 4.14. The topological polar surface area (TPSA) is 0 Å². The van der Waals surface area contributed by atoms with Gasteiger partial charge in [0.05, 0.1) is 0 Å². The lowest BCUT2D eigenvalue weighted by molar-refractivity contribution is 1.02. The molecular weight excluding hydrogens is 204 g/mol. The maximum atomic E-state index is 6.17. The van der Waals surface area contributed by atoms with Crippen molar-refractivity contribution in [2.45, 2.75) is 40.0 Å². The van der Waals surface area contributed by atoms with Crippen LogP contribution in [0, 0.1) is 25.7 Å². The fourth-order valence-electron chi connectivity index (χ4n) is 1.44. The van der Waals surface area contributed by atoms with Crippen LogP contribution in [0.4, 0.5) is 0 Å². The Morgan fingerprint density at radius 1 is 1.13 bits per heavy atom. The minimum Gasteiger partial charge on any atom is -0.104 e. The van der Waals surface area contributed by atoms with Crippen molar-refractivity contribution in [3.8, 4) is 11.8 Å². The van der Waals surface area contributed by atoms with Gasteiger partial charge in [-0.1, -0.05) is 24.6 Å². The first-order valence-electron chi connectivity index (χ1n) is 5.36. The number of hydrogen-bond donors (Lipinski definition) is 0. The molecule has 80 valence electrons. The molecule has 0 bridgehead atoms. The molecule has 1 aromatic carbocycles. The van der Waals surface area contributed by atoms with Crippen LogP contribution in [-0.4, -0.2) is 0 Å². The lowest BCUT2D eigenvalue weighted by atomic mass is 10.0. The standard InChI is InChI=1S/C14H17Cl/c1-4-5-6-7-8-13-9-11(2)12(3)10-14(13)15/h9-10H,4,7-8H2,1-3H3. The van der Waals surface area contributed by atoms with Crippen LogP contribution < -0.4 is 0 Å². The third-order valence-corrected chi connectivity index (χ3v) is 2.84. The van der Waals surface area contributed by atoms with Crippen LogP contribution in [0.25, 0.3) is 0 Å². The van der Waals surface area contributed by atoms with Crippen molar-refractivity contribution in [3.05, 3.63) is 33.8 Å². The molecule has 0 radical (unpaired) electrons. The molecule has 0 spiro atoms. The zero-order valence-electron chi connectivity index (χ0n) is 9.65. The van der Waals surface area contributed by atoms with Gasteiger partial charge in [-0.25, -0.2) is 0 Å². The molecule has 0 unspecified atom stereocenters. The molecular formula is C14H17Cl. The van der Waals surface area contributed by atoms with Gasteiger partial charge < -0.3 is 0 Å². The highest BCUT2D eigenvalue weighted by atomic mass is 35.5. The van der Waals surface area contributed by atoms with Gasteiger partial charge in [-0.05, 0) is 43.0 Å². The van der Waals surface area contributed by atoms with E-state index >= 15 is 0 Å². The fraction of sp³-hybridized carbons (Fsp3) is 0.429. The van der Waals surface area contributed by atoms with Crippen molar-refractivity contribution in [1.82, 2.24) is 0 Å². The zero-order valence-corrected chi connectivity index (χ0v) is 10.4. The molecule has 1 aromatic rings. The predicted molar refractivity (Wildman–Crippen MR) is 67.3 cm³/mol. The molecule has 0 aliphatic rings. The Labute approximate surface area is 97.7 Å². The smallest absolute Gasteiger partial charge is 0.0441 e. The van der Waals surface area contributed by atoms with Crippen molar-refractivity contribution in [2.24, 2.45) is 0 Å². The highest BCUT2D eigenvalue weighted by Crippen LogP contribution is 2.21. The van der Waals surface area contributed by atoms with Crippen LogP contribution >= 0.6 is 11.6 Å². The minimum absolute atomic E-state index is 0.872. The number of benzene rings is 1. The summed E-state index contributed by atoms with van der Waals surface area (Å²) in [6.45, 7) is 6.27. The van der Waals surface area contributed by atoms with Gasteiger partial charge in [-0.15, -0.1) is 11.8 Å². The van der Waals surface area contributed by atoms with Crippen molar-refractivity contribution in [1.29, 1.82) is 0 Å². The largest absolute Gasteiger partial charge is 0.104 e. The van der Waals surface area contributed by atoms with Gasteiger partial charge >= 0.3 is 0 Å². The van der Waals surface area contributed by atoms with E-state index in [0.717, 1.165) is 24.3 Å². The van der Waals surface area contributed by atoms with E-state index in [4.69, 9.17) is 11.6 Å². The number of hydrogen-bond acceptors (Lipinski definition) is 0. The average Bonchev–Trinajstić information content (AvgIpc) is 2.20. The molecule has 1 rings (SSSR count). The highest BCUT2D eigenvalue weighted by Gasteiger charge is 2.02. The van der Waals surface area contributed by atoms with Crippen LogP contribution in [0.1, 0.15) is 36.5 Å². The number of halogens is 1. The van der Waals surface area contributed by atoms with Gasteiger partial charge in [-0.2, -0.15) is 0 Å². The molecule has 0 nitrogen and oxygen atoms in total. The molecule has 0 saturated carbocycles. The van der Waals surface area contributed by atoms with Crippen molar-refractivity contribution in [3.63, 3.8) is 0 Å². The summed E-state index contributed by atoms with van der Waals surface area (Å²) in [6.07, 6.45) is 2.78. The summed E-state index contributed by atoms with van der Waals surface area (Å²) in [7, 11) is 0. The van der Waals surface area contributed by atoms with Gasteiger partial charge in [0.15, 0.2) is 0 Å². The van der Waals surface area contributed by atoms with E-state index in [0.29, 0.717) is 0 Å². The van der Waals surface area contributed by atoms with Crippen LogP contribution in [0.5, 0.6) is 0 Å². The lowest BCUT2D eigenvalue weighted by Gasteiger charge is -2.06. The maximum Gasteiger partial charge on any atom is 0.0441 e. The van der Waals surface area contributed by atoms with E-state index in [2.05, 4.69) is 38.7 Å². The number of aryl methyl sites for hydroxylation is 3. The summed E-state index contributed by atoms with van der Waals surface area (Å²) in [5, 5.41) is 0.872. The quantitative estimate of drug-likeness (QED) is 0.652. The van der Waals surface area contributed by atoms with E-state index in [-0.39, 0.29) is 0 Å². The Kier molecular flexibility index (Phi) is 4.72. The SMILES string of the molecule is CCC#CCCc1cc(C)c(C)cc1Cl. The third kappa shape index (κ3) is 3.61. The van der Waals surface area contributed by atoms with Crippen molar-refractivity contribution in [2.75, 3.05) is 0 Å². The molecule has 0 heterocycles. The Bertz CT molecular complexity index is 394. The molecule has 0 aromatic heterocycles. The Balaban J connectivity index is 2.73. The predicted octanol–water partition coefficient (Wildman–Crippen LogP) is 4.30. The normalized spacial score (nSPS) is 9.60. The van der Waals surface area contributed by atoms with Gasteiger partial charge in [-0.3, -0.25) is 0 Å².